The summed E-state index contributed by atoms with van der Waals surface area (Å²) in [6.07, 6.45) is 1.84. The number of hydrogen-bond acceptors (Lipinski definition) is 3. The molecule has 108 valence electrons. The number of rotatable bonds is 5. The first-order chi connectivity index (χ1) is 8.68. The van der Waals surface area contributed by atoms with Crippen molar-refractivity contribution in [3.05, 3.63) is 29.8 Å². The van der Waals surface area contributed by atoms with E-state index in [1.807, 2.05) is 12.1 Å². The van der Waals surface area contributed by atoms with Crippen LogP contribution in [-0.4, -0.2) is 28.2 Å². The molecule has 0 aliphatic rings. The van der Waals surface area contributed by atoms with E-state index >= 15 is 0 Å². The van der Waals surface area contributed by atoms with E-state index in [2.05, 4.69) is 37.3 Å². The molecule has 0 fully saturated rings. The second-order valence-electron chi connectivity index (χ2n) is 5.59. The van der Waals surface area contributed by atoms with Crippen molar-refractivity contribution >= 4 is 10.0 Å². The molecular weight excluding hydrogens is 262 g/mol. The number of benzene rings is 1. The molecule has 19 heavy (non-hydrogen) atoms. The third kappa shape index (κ3) is 6.59. The molecule has 0 heterocycles. The van der Waals surface area contributed by atoms with Crippen molar-refractivity contribution < 1.29 is 13.5 Å². The average molecular weight is 285 g/mol. The van der Waals surface area contributed by atoms with Crippen LogP contribution in [0.5, 0.6) is 5.75 Å². The Balaban J connectivity index is 2.41. The van der Waals surface area contributed by atoms with Gasteiger partial charge in [0.1, 0.15) is 5.75 Å². The third-order valence-corrected chi connectivity index (χ3v) is 3.28. The van der Waals surface area contributed by atoms with Crippen molar-refractivity contribution in [1.29, 1.82) is 0 Å². The van der Waals surface area contributed by atoms with Crippen LogP contribution in [0.4, 0.5) is 0 Å². The quantitative estimate of drug-likeness (QED) is 0.844. The van der Waals surface area contributed by atoms with Crippen LogP contribution in [0.1, 0.15) is 32.8 Å². The molecule has 0 saturated heterocycles. The maximum Gasteiger partial charge on any atom is 0.157 e. The van der Waals surface area contributed by atoms with Gasteiger partial charge in [-0.2, -0.15) is 0 Å². The largest absolute Gasteiger partial charge is 0.494 e. The van der Waals surface area contributed by atoms with Gasteiger partial charge in [0.05, 0.1) is 13.2 Å². The van der Waals surface area contributed by atoms with Crippen LogP contribution >= 0.6 is 0 Å². The monoisotopic (exact) mass is 285 g/mol. The summed E-state index contributed by atoms with van der Waals surface area (Å²) in [6.45, 7) is 7.34. The molecule has 4 nitrogen and oxygen atoms in total. The molecule has 1 atom stereocenters. The SMILES string of the molecule is CC(C)(C)c1ccc(OCCCN=S(C)(=O)O)cc1. The molecule has 0 bridgehead atoms. The predicted octanol–water partition coefficient (Wildman–Crippen LogP) is 3.32. The molecule has 0 aromatic heterocycles. The van der Waals surface area contributed by atoms with Crippen LogP contribution in [0.15, 0.2) is 28.6 Å². The van der Waals surface area contributed by atoms with Gasteiger partial charge in [-0.1, -0.05) is 32.9 Å². The summed E-state index contributed by atoms with van der Waals surface area (Å²) in [5.74, 6) is 0.814. The minimum absolute atomic E-state index is 0.139. The number of hydrogen-bond donors (Lipinski definition) is 1. The summed E-state index contributed by atoms with van der Waals surface area (Å²) in [4.78, 5) is 0. The molecule has 0 aliphatic carbocycles. The normalized spacial score (nSPS) is 14.8. The average Bonchev–Trinajstić information content (AvgIpc) is 2.26. The lowest BCUT2D eigenvalue weighted by Gasteiger charge is -2.19. The van der Waals surface area contributed by atoms with Crippen LogP contribution in [-0.2, 0) is 15.4 Å². The highest BCUT2D eigenvalue weighted by Crippen LogP contribution is 2.24. The van der Waals surface area contributed by atoms with Crippen LogP contribution < -0.4 is 4.74 Å². The second kappa shape index (κ2) is 6.39. The van der Waals surface area contributed by atoms with Crippen LogP contribution in [0.3, 0.4) is 0 Å². The molecule has 0 spiro atoms. The van der Waals surface area contributed by atoms with Gasteiger partial charge in [0.25, 0.3) is 0 Å². The zero-order chi connectivity index (χ0) is 14.5. The second-order valence-corrected chi connectivity index (χ2v) is 7.37. The van der Waals surface area contributed by atoms with Gasteiger partial charge in [-0.15, -0.1) is 0 Å². The Bertz CT molecular complexity index is 500. The van der Waals surface area contributed by atoms with Crippen LogP contribution in [0.2, 0.25) is 0 Å². The fraction of sp³-hybridized carbons (Fsp3) is 0.571. The van der Waals surface area contributed by atoms with E-state index in [1.54, 1.807) is 0 Å². The highest BCUT2D eigenvalue weighted by atomic mass is 32.2. The number of nitrogens with zero attached hydrogens (tertiary/aromatic N) is 1. The summed E-state index contributed by atoms with van der Waals surface area (Å²) in [5, 5.41) is 0. The molecule has 1 N–H and O–H groups in total. The lowest BCUT2D eigenvalue weighted by atomic mass is 9.87. The zero-order valence-corrected chi connectivity index (χ0v) is 12.9. The molecule has 5 heteroatoms. The van der Waals surface area contributed by atoms with E-state index < -0.39 is 10.0 Å². The Morgan fingerprint density at radius 1 is 1.26 bits per heavy atom. The van der Waals surface area contributed by atoms with Gasteiger partial charge >= 0.3 is 0 Å². The fourth-order valence-electron chi connectivity index (χ4n) is 1.54. The predicted molar refractivity (Wildman–Crippen MR) is 79.2 cm³/mol. The van der Waals surface area contributed by atoms with Crippen LogP contribution in [0.25, 0.3) is 0 Å². The smallest absolute Gasteiger partial charge is 0.157 e. The van der Waals surface area contributed by atoms with Crippen molar-refractivity contribution in [2.45, 2.75) is 32.6 Å². The van der Waals surface area contributed by atoms with Gasteiger partial charge in [-0.3, -0.25) is 0 Å². The third-order valence-electron chi connectivity index (χ3n) is 2.62. The fourth-order valence-corrected chi connectivity index (χ4v) is 2.01. The first kappa shape index (κ1) is 16.0. The molecular formula is C14H23NO3S. The maximum absolute atomic E-state index is 10.9. The summed E-state index contributed by atoms with van der Waals surface area (Å²) in [5.41, 5.74) is 1.40. The Kier molecular flexibility index (Phi) is 5.38. The Labute approximate surface area is 116 Å². The standard InChI is InChI=1S/C14H23NO3S/c1-14(2,3)12-6-8-13(9-7-12)18-11-5-10-15-19(4,16)17/h6-9H,5,10-11H2,1-4H3,(H,15,16,17). The first-order valence-electron chi connectivity index (χ1n) is 6.32. The Hall–Kier alpha value is -1.07. The zero-order valence-electron chi connectivity index (χ0n) is 12.0. The van der Waals surface area contributed by atoms with Gasteiger partial charge in [0, 0.05) is 12.7 Å². The highest BCUT2D eigenvalue weighted by Gasteiger charge is 2.12. The van der Waals surface area contributed by atoms with Crippen molar-refractivity contribution in [1.82, 2.24) is 0 Å². The summed E-state index contributed by atoms with van der Waals surface area (Å²) < 4.78 is 29.1. The van der Waals surface area contributed by atoms with Gasteiger partial charge in [0.15, 0.2) is 10.0 Å². The van der Waals surface area contributed by atoms with Crippen molar-refractivity contribution in [2.75, 3.05) is 19.4 Å². The van der Waals surface area contributed by atoms with Crippen molar-refractivity contribution in [2.24, 2.45) is 4.36 Å². The van der Waals surface area contributed by atoms with Crippen LogP contribution in [0, 0.1) is 0 Å². The van der Waals surface area contributed by atoms with E-state index in [1.165, 1.54) is 11.8 Å². The Morgan fingerprint density at radius 3 is 2.32 bits per heavy atom. The molecule has 0 aliphatic heterocycles. The molecule has 1 aromatic carbocycles. The summed E-state index contributed by atoms with van der Waals surface area (Å²) in [7, 11) is -2.97. The maximum atomic E-state index is 10.9. The van der Waals surface area contributed by atoms with Gasteiger partial charge < -0.3 is 9.29 Å². The van der Waals surface area contributed by atoms with Gasteiger partial charge in [0.2, 0.25) is 0 Å². The van der Waals surface area contributed by atoms with Gasteiger partial charge in [-0.25, -0.2) is 8.57 Å². The van der Waals surface area contributed by atoms with E-state index in [0.29, 0.717) is 19.6 Å². The van der Waals surface area contributed by atoms with Crippen molar-refractivity contribution in [3.63, 3.8) is 0 Å². The molecule has 1 unspecified atom stereocenters. The molecule has 0 amide bonds. The van der Waals surface area contributed by atoms with E-state index in [-0.39, 0.29) is 5.41 Å². The van der Waals surface area contributed by atoms with E-state index in [4.69, 9.17) is 9.29 Å². The van der Waals surface area contributed by atoms with Crippen molar-refractivity contribution in [3.8, 4) is 5.75 Å². The van der Waals surface area contributed by atoms with Gasteiger partial charge in [-0.05, 0) is 23.1 Å². The van der Waals surface area contributed by atoms with E-state index in [9.17, 15) is 4.21 Å². The highest BCUT2D eigenvalue weighted by molar-refractivity contribution is 7.87. The molecule has 1 rings (SSSR count). The lowest BCUT2D eigenvalue weighted by Crippen LogP contribution is -2.10. The minimum atomic E-state index is -2.97. The molecule has 1 aromatic rings. The Morgan fingerprint density at radius 2 is 1.84 bits per heavy atom. The summed E-state index contributed by atoms with van der Waals surface area (Å²) in [6, 6.07) is 8.03. The number of ether oxygens (including phenoxy) is 1. The minimum Gasteiger partial charge on any atom is -0.494 e. The topological polar surface area (TPSA) is 58.9 Å². The first-order valence-corrected chi connectivity index (χ1v) is 8.20. The molecule has 0 saturated carbocycles. The molecule has 0 radical (unpaired) electrons. The van der Waals surface area contributed by atoms with E-state index in [0.717, 1.165) is 5.75 Å². The summed E-state index contributed by atoms with van der Waals surface area (Å²) >= 11 is 0. The lowest BCUT2D eigenvalue weighted by molar-refractivity contribution is 0.313.